The second-order valence-electron chi connectivity index (χ2n) is 9.43. The predicted molar refractivity (Wildman–Crippen MR) is 143 cm³/mol. The number of halogens is 2. The molecular weight excluding hydrogens is 458 g/mol. The largest absolute Gasteiger partial charge is 0.490 e. The third-order valence-electron chi connectivity index (χ3n) is 6.54. The average Bonchev–Trinajstić information content (AvgIpc) is 3.09. The van der Waals surface area contributed by atoms with Gasteiger partial charge in [0, 0.05) is 24.1 Å². The van der Waals surface area contributed by atoms with Crippen molar-refractivity contribution in [2.75, 3.05) is 32.8 Å². The fourth-order valence-electron chi connectivity index (χ4n) is 3.75. The van der Waals surface area contributed by atoms with Crippen LogP contribution >= 0.6 is 0 Å². The third kappa shape index (κ3) is 9.94. The van der Waals surface area contributed by atoms with Gasteiger partial charge in [-0.2, -0.15) is 0 Å². The molecule has 4 nitrogen and oxygen atoms in total. The summed E-state index contributed by atoms with van der Waals surface area (Å²) < 4.78 is 31.9. The molecule has 1 aliphatic heterocycles. The summed E-state index contributed by atoms with van der Waals surface area (Å²) in [6, 6.07) is 13.2. The van der Waals surface area contributed by atoms with Crippen molar-refractivity contribution in [1.82, 2.24) is 10.2 Å². The summed E-state index contributed by atoms with van der Waals surface area (Å²) in [6.07, 6.45) is 8.75. The van der Waals surface area contributed by atoms with E-state index in [9.17, 15) is 13.6 Å². The van der Waals surface area contributed by atoms with Crippen LogP contribution in [0.3, 0.4) is 0 Å². The highest BCUT2D eigenvalue weighted by atomic mass is 19.1. The number of nitrogens with zero attached hydrogens (tertiary/aromatic N) is 1. The lowest BCUT2D eigenvalue weighted by atomic mass is 9.83. The summed E-state index contributed by atoms with van der Waals surface area (Å²) in [6.45, 7) is 11.7. The van der Waals surface area contributed by atoms with Gasteiger partial charge in [-0.25, -0.2) is 8.78 Å². The van der Waals surface area contributed by atoms with Crippen LogP contribution in [0.2, 0.25) is 0 Å². The SMILES string of the molecule is CCN(CCCC(C)(CC)COc1ccccc1F)CC1=CC=CCNC1=O.Cc1ccccc1F. The first kappa shape index (κ1) is 29.2. The van der Waals surface area contributed by atoms with Gasteiger partial charge in [-0.1, -0.05) is 69.3 Å². The van der Waals surface area contributed by atoms with E-state index in [1.807, 2.05) is 24.3 Å². The number of aryl methyl sites for hydroxylation is 1. The van der Waals surface area contributed by atoms with Crippen molar-refractivity contribution < 1.29 is 18.3 Å². The summed E-state index contributed by atoms with van der Waals surface area (Å²) in [7, 11) is 0. The number of nitrogens with one attached hydrogen (secondary N) is 1. The predicted octanol–water partition coefficient (Wildman–Crippen LogP) is 6.47. The Morgan fingerprint density at radius 2 is 1.75 bits per heavy atom. The highest BCUT2D eigenvalue weighted by Crippen LogP contribution is 2.29. The summed E-state index contributed by atoms with van der Waals surface area (Å²) in [4.78, 5) is 14.4. The molecule has 0 spiro atoms. The minimum atomic E-state index is -0.317. The van der Waals surface area contributed by atoms with Gasteiger partial charge in [0.05, 0.1) is 6.61 Å². The highest BCUT2D eigenvalue weighted by molar-refractivity contribution is 5.94. The summed E-state index contributed by atoms with van der Waals surface area (Å²) in [5.74, 6) is -0.119. The van der Waals surface area contributed by atoms with Crippen molar-refractivity contribution in [2.24, 2.45) is 5.41 Å². The normalized spacial score (nSPS) is 14.8. The van der Waals surface area contributed by atoms with E-state index >= 15 is 0 Å². The van der Waals surface area contributed by atoms with Crippen LogP contribution in [0, 0.1) is 24.0 Å². The fourth-order valence-corrected chi connectivity index (χ4v) is 3.75. The zero-order chi connectivity index (χ0) is 26.4. The number of rotatable bonds is 11. The molecule has 1 aliphatic rings. The summed E-state index contributed by atoms with van der Waals surface area (Å²) >= 11 is 0. The van der Waals surface area contributed by atoms with Crippen molar-refractivity contribution in [1.29, 1.82) is 0 Å². The molecule has 196 valence electrons. The molecule has 2 aromatic rings. The molecule has 0 aromatic heterocycles. The number of ether oxygens (including phenoxy) is 1. The Morgan fingerprint density at radius 1 is 1.06 bits per heavy atom. The number of hydrogen-bond donors (Lipinski definition) is 1. The van der Waals surface area contributed by atoms with Gasteiger partial charge in [-0.15, -0.1) is 0 Å². The van der Waals surface area contributed by atoms with E-state index in [2.05, 4.69) is 31.0 Å². The molecule has 0 saturated carbocycles. The van der Waals surface area contributed by atoms with Gasteiger partial charge in [0.2, 0.25) is 5.91 Å². The Bertz CT molecular complexity index is 1000. The van der Waals surface area contributed by atoms with Crippen LogP contribution < -0.4 is 10.1 Å². The van der Waals surface area contributed by atoms with Crippen molar-refractivity contribution in [3.05, 3.63) is 89.5 Å². The maximum absolute atomic E-state index is 13.8. The number of benzene rings is 2. The van der Waals surface area contributed by atoms with Crippen LogP contribution in [0.4, 0.5) is 8.78 Å². The molecule has 0 bridgehead atoms. The molecule has 1 N–H and O–H groups in total. The van der Waals surface area contributed by atoms with E-state index in [0.29, 0.717) is 31.0 Å². The first-order valence-electron chi connectivity index (χ1n) is 12.7. The van der Waals surface area contributed by atoms with Gasteiger partial charge in [0.15, 0.2) is 11.6 Å². The molecular formula is C30H40F2N2O2. The second kappa shape index (κ2) is 15.2. The van der Waals surface area contributed by atoms with E-state index in [1.165, 1.54) is 12.1 Å². The standard InChI is InChI=1S/C23H33FN2O2.C7H7F/c1-4-23(3,18-28-21-13-7-6-12-20(21)24)14-10-16-26(5-2)17-19-11-8-9-15-25-22(19)27;1-6-4-2-3-5-7(6)8/h6-9,11-13H,4-5,10,14-18H2,1-3H3,(H,25,27);2-5H,1H3. The lowest BCUT2D eigenvalue weighted by molar-refractivity contribution is -0.117. The smallest absolute Gasteiger partial charge is 0.248 e. The fraction of sp³-hybridized carbons (Fsp3) is 0.433. The highest BCUT2D eigenvalue weighted by Gasteiger charge is 2.24. The number of para-hydroxylation sites is 1. The molecule has 0 aliphatic carbocycles. The molecule has 36 heavy (non-hydrogen) atoms. The maximum atomic E-state index is 13.8. The van der Waals surface area contributed by atoms with Crippen molar-refractivity contribution in [3.63, 3.8) is 0 Å². The van der Waals surface area contributed by atoms with Gasteiger partial charge in [0.25, 0.3) is 0 Å². The van der Waals surface area contributed by atoms with Crippen LogP contribution in [0.25, 0.3) is 0 Å². The van der Waals surface area contributed by atoms with Crippen LogP contribution in [0.1, 0.15) is 45.6 Å². The Morgan fingerprint density at radius 3 is 2.36 bits per heavy atom. The molecule has 3 rings (SSSR count). The first-order valence-corrected chi connectivity index (χ1v) is 12.7. The molecule has 0 saturated heterocycles. The maximum Gasteiger partial charge on any atom is 0.248 e. The van der Waals surface area contributed by atoms with E-state index in [4.69, 9.17) is 4.74 Å². The monoisotopic (exact) mass is 498 g/mol. The number of carbonyl (C=O) groups excluding carboxylic acids is 1. The molecule has 6 heteroatoms. The topological polar surface area (TPSA) is 41.6 Å². The Kier molecular flexibility index (Phi) is 12.3. The van der Waals surface area contributed by atoms with E-state index < -0.39 is 0 Å². The van der Waals surface area contributed by atoms with Crippen LogP contribution in [-0.2, 0) is 4.79 Å². The lowest BCUT2D eigenvalue weighted by Crippen LogP contribution is -2.34. The average molecular weight is 499 g/mol. The number of carbonyl (C=O) groups is 1. The lowest BCUT2D eigenvalue weighted by Gasteiger charge is -2.30. The van der Waals surface area contributed by atoms with Crippen molar-refractivity contribution >= 4 is 5.91 Å². The van der Waals surface area contributed by atoms with E-state index in [1.54, 1.807) is 37.3 Å². The quantitative estimate of drug-likeness (QED) is 0.386. The summed E-state index contributed by atoms with van der Waals surface area (Å²) in [5, 5.41) is 2.88. The van der Waals surface area contributed by atoms with Gasteiger partial charge in [-0.3, -0.25) is 9.69 Å². The molecule has 1 heterocycles. The van der Waals surface area contributed by atoms with Gasteiger partial charge in [0.1, 0.15) is 5.82 Å². The van der Waals surface area contributed by atoms with Crippen LogP contribution in [-0.4, -0.2) is 43.6 Å². The molecule has 2 aromatic carbocycles. The zero-order valence-electron chi connectivity index (χ0n) is 22.0. The van der Waals surface area contributed by atoms with E-state index in [-0.39, 0.29) is 23.0 Å². The Labute approximate surface area is 215 Å². The minimum Gasteiger partial charge on any atom is -0.490 e. The molecule has 0 fully saturated rings. The van der Waals surface area contributed by atoms with E-state index in [0.717, 1.165) is 37.9 Å². The molecule has 1 unspecified atom stereocenters. The number of likely N-dealkylation sites (N-methyl/N-ethyl adjacent to an activating group) is 1. The Hall–Kier alpha value is -2.99. The zero-order valence-corrected chi connectivity index (χ0v) is 22.0. The molecule has 0 radical (unpaired) electrons. The van der Waals surface area contributed by atoms with Gasteiger partial charge < -0.3 is 10.1 Å². The van der Waals surface area contributed by atoms with Crippen molar-refractivity contribution in [2.45, 2.75) is 47.0 Å². The molecule has 1 atom stereocenters. The third-order valence-corrected chi connectivity index (χ3v) is 6.54. The number of allylic oxidation sites excluding steroid dienone is 2. The first-order chi connectivity index (χ1) is 17.3. The van der Waals surface area contributed by atoms with Gasteiger partial charge in [-0.05, 0) is 63.0 Å². The Balaban J connectivity index is 0.000000482. The second-order valence-corrected chi connectivity index (χ2v) is 9.43. The van der Waals surface area contributed by atoms with Gasteiger partial charge >= 0.3 is 0 Å². The summed E-state index contributed by atoms with van der Waals surface area (Å²) in [5.41, 5.74) is 1.49. The van der Waals surface area contributed by atoms with Crippen LogP contribution in [0.15, 0.2) is 72.3 Å². The number of hydrogen-bond acceptors (Lipinski definition) is 3. The van der Waals surface area contributed by atoms with Crippen LogP contribution in [0.5, 0.6) is 5.75 Å². The minimum absolute atomic E-state index is 0.0105. The molecule has 1 amide bonds. The number of amides is 1. The van der Waals surface area contributed by atoms with Crippen molar-refractivity contribution in [3.8, 4) is 5.75 Å².